The third kappa shape index (κ3) is 8.31. The summed E-state index contributed by atoms with van der Waals surface area (Å²) in [4.78, 5) is 84.8. The number of carbonyl (C=O) groups is 2. The van der Waals surface area contributed by atoms with Crippen molar-refractivity contribution in [3.05, 3.63) is 87.0 Å². The van der Waals surface area contributed by atoms with Gasteiger partial charge in [0, 0.05) is 17.5 Å². The lowest BCUT2D eigenvalue weighted by Crippen LogP contribution is -2.32. The van der Waals surface area contributed by atoms with Gasteiger partial charge in [-0.2, -0.15) is 13.6 Å². The minimum absolute atomic E-state index is 0.0297. The second-order valence-electron chi connectivity index (χ2n) is 10.6. The van der Waals surface area contributed by atoms with Crippen LogP contribution in [0.3, 0.4) is 0 Å². The van der Waals surface area contributed by atoms with Crippen LogP contribution in [0.25, 0.3) is 11.2 Å². The van der Waals surface area contributed by atoms with E-state index in [4.69, 9.17) is 20.3 Å². The van der Waals surface area contributed by atoms with Gasteiger partial charge in [-0.3, -0.25) is 23.7 Å². The normalized spacial score (nSPS) is 21.9. The smallest absolute Gasteiger partial charge is 0.478 e. The third-order valence-electron chi connectivity index (χ3n) is 7.14. The third-order valence-corrected chi connectivity index (χ3v) is 10.9. The van der Waals surface area contributed by atoms with E-state index < -0.39 is 77.5 Å². The molecule has 6 unspecified atom stereocenters. The average Bonchev–Trinajstić information content (AvgIpc) is 3.54. The van der Waals surface area contributed by atoms with Crippen molar-refractivity contribution in [2.75, 3.05) is 5.73 Å². The fourth-order valence-corrected chi connectivity index (χ4v) is 8.06. The van der Waals surface area contributed by atoms with Crippen LogP contribution in [0.2, 0.25) is 0 Å². The lowest BCUT2D eigenvalue weighted by atomic mass is 9.91. The molecule has 0 radical (unpaired) electrons. The topological polar surface area (TPSA) is 353 Å². The zero-order valence-electron chi connectivity index (χ0n) is 24.8. The van der Waals surface area contributed by atoms with Gasteiger partial charge in [0.15, 0.2) is 23.2 Å². The van der Waals surface area contributed by atoms with Gasteiger partial charge in [0.05, 0.1) is 24.6 Å². The van der Waals surface area contributed by atoms with Gasteiger partial charge in [-0.1, -0.05) is 24.3 Å². The summed E-state index contributed by atoms with van der Waals surface area (Å²) in [5.41, 5.74) is 4.03. The highest BCUT2D eigenvalue weighted by atomic mass is 31.3. The maximum atomic E-state index is 13.9. The number of aromatic nitrogens is 4. The number of carbonyl (C=O) groups excluding carboxylic acids is 1. The van der Waals surface area contributed by atoms with Crippen LogP contribution in [0.4, 0.5) is 5.95 Å². The number of carboxylic acids is 1. The zero-order chi connectivity index (χ0) is 36.8. The number of ketones is 1. The first-order chi connectivity index (χ1) is 23.2. The summed E-state index contributed by atoms with van der Waals surface area (Å²) < 4.78 is 54.1. The fourth-order valence-electron chi connectivity index (χ4n) is 5.06. The molecule has 2 aromatic carbocycles. The predicted molar refractivity (Wildman–Crippen MR) is 164 cm³/mol. The average molecular weight is 761 g/mol. The van der Waals surface area contributed by atoms with Crippen molar-refractivity contribution in [1.82, 2.24) is 19.5 Å². The molecule has 3 heterocycles. The Balaban J connectivity index is 1.41. The Morgan fingerprint density at radius 1 is 0.960 bits per heavy atom. The van der Waals surface area contributed by atoms with Gasteiger partial charge in [-0.15, -0.1) is 0 Å². The van der Waals surface area contributed by atoms with Gasteiger partial charge >= 0.3 is 29.4 Å². The van der Waals surface area contributed by atoms with Gasteiger partial charge in [-0.05, 0) is 29.3 Å². The van der Waals surface area contributed by atoms with Crippen LogP contribution < -0.4 is 11.3 Å². The summed E-state index contributed by atoms with van der Waals surface area (Å²) in [6, 6.07) is 8.88. The maximum absolute atomic E-state index is 13.9. The van der Waals surface area contributed by atoms with E-state index in [9.17, 15) is 53.2 Å². The Morgan fingerprint density at radius 2 is 1.64 bits per heavy atom. The Bertz CT molecular complexity index is 2180. The van der Waals surface area contributed by atoms with Crippen molar-refractivity contribution in [2.24, 2.45) is 0 Å². The number of anilines is 1. The molecule has 0 bridgehead atoms. The molecule has 25 heteroatoms. The number of fused-ring (bicyclic) bond motifs is 1. The standard InChI is InChI=1S/C25H26N5O17P3/c26-25-28-21-17(22(34)29-25)27-10-30(21)23-20(33)19(32)16(45-23)8-11-3-1-2-4-14(11)18(31)15-6-5-12(24(35)36)7-13(15)9-44-49(40,41)47-50(42,43)46-48(37,38)39/h1-7,10,16,19-20,23,32-33H,8-9H2,(H,35,36)(H,40,41)(H,42,43)(H2,37,38,39)(H3,26,28,29,34). The number of H-pyrrole nitrogens is 1. The van der Waals surface area contributed by atoms with Gasteiger partial charge in [-0.25, -0.2) is 23.5 Å². The number of ether oxygens (including phenoxy) is 1. The zero-order valence-corrected chi connectivity index (χ0v) is 27.5. The molecule has 10 N–H and O–H groups in total. The minimum atomic E-state index is -5.87. The van der Waals surface area contributed by atoms with Crippen LogP contribution in [0.1, 0.15) is 43.6 Å². The highest BCUT2D eigenvalue weighted by molar-refractivity contribution is 7.66. The van der Waals surface area contributed by atoms with Gasteiger partial charge in [0.2, 0.25) is 5.95 Å². The predicted octanol–water partition coefficient (Wildman–Crippen LogP) is 0.336. The van der Waals surface area contributed by atoms with E-state index in [2.05, 4.69) is 28.1 Å². The Kier molecular flexibility index (Phi) is 10.4. The molecular weight excluding hydrogens is 735 g/mol. The number of hydrogen-bond donors (Lipinski definition) is 9. The van der Waals surface area contributed by atoms with Crippen molar-refractivity contribution < 1.29 is 76.1 Å². The molecule has 1 aliphatic rings. The van der Waals surface area contributed by atoms with Crippen molar-refractivity contribution in [3.8, 4) is 0 Å². The summed E-state index contributed by atoms with van der Waals surface area (Å²) in [6.45, 7) is -1.10. The number of carboxylic acid groups (broad SMARTS) is 1. The van der Waals surface area contributed by atoms with Crippen molar-refractivity contribution in [3.63, 3.8) is 0 Å². The highest BCUT2D eigenvalue weighted by Crippen LogP contribution is 2.66. The molecule has 1 fully saturated rings. The maximum Gasteiger partial charge on any atom is 0.490 e. The molecule has 0 amide bonds. The number of nitrogen functional groups attached to an aromatic ring is 1. The molecule has 50 heavy (non-hydrogen) atoms. The Hall–Kier alpha value is -3.98. The van der Waals surface area contributed by atoms with Crippen LogP contribution in [0, 0.1) is 0 Å². The summed E-state index contributed by atoms with van der Waals surface area (Å²) >= 11 is 0. The lowest BCUT2D eigenvalue weighted by molar-refractivity contribution is -0.0345. The number of aromatic amines is 1. The number of hydrogen-bond acceptors (Lipinski definition) is 15. The second kappa shape index (κ2) is 14.0. The number of aliphatic hydroxyl groups is 2. The summed E-state index contributed by atoms with van der Waals surface area (Å²) in [7, 11) is -17.2. The monoisotopic (exact) mass is 761 g/mol. The number of aromatic carboxylic acids is 1. The molecule has 0 saturated carbocycles. The van der Waals surface area contributed by atoms with E-state index in [1.54, 1.807) is 6.07 Å². The van der Waals surface area contributed by atoms with Gasteiger partial charge < -0.3 is 45.4 Å². The largest absolute Gasteiger partial charge is 0.490 e. The fraction of sp³-hybridized carbons (Fsp3) is 0.240. The van der Waals surface area contributed by atoms with Crippen molar-refractivity contribution in [2.45, 2.75) is 37.6 Å². The number of aliphatic hydroxyl groups excluding tert-OH is 2. The molecule has 1 saturated heterocycles. The van der Waals surface area contributed by atoms with E-state index in [1.165, 1.54) is 22.8 Å². The molecule has 0 spiro atoms. The number of rotatable bonds is 13. The molecule has 1 aliphatic heterocycles. The van der Waals surface area contributed by atoms with Crippen LogP contribution in [0.15, 0.2) is 53.6 Å². The second-order valence-corrected chi connectivity index (χ2v) is 15.0. The number of imidazole rings is 1. The van der Waals surface area contributed by atoms with E-state index in [-0.39, 0.29) is 45.8 Å². The molecule has 22 nitrogen and oxygen atoms in total. The summed E-state index contributed by atoms with van der Waals surface area (Å²) in [5.74, 6) is -2.51. The summed E-state index contributed by atoms with van der Waals surface area (Å²) in [5, 5.41) is 31.2. The van der Waals surface area contributed by atoms with Crippen LogP contribution in [0.5, 0.6) is 0 Å². The quantitative estimate of drug-likeness (QED) is 0.0655. The van der Waals surface area contributed by atoms with E-state index in [0.717, 1.165) is 24.5 Å². The number of nitrogens with zero attached hydrogens (tertiary/aromatic N) is 3. The molecule has 268 valence electrons. The van der Waals surface area contributed by atoms with E-state index >= 15 is 0 Å². The van der Waals surface area contributed by atoms with Crippen LogP contribution in [-0.2, 0) is 44.6 Å². The van der Waals surface area contributed by atoms with Crippen LogP contribution >= 0.6 is 23.5 Å². The Labute approximate surface area is 278 Å². The van der Waals surface area contributed by atoms with Crippen LogP contribution in [-0.4, -0.2) is 84.5 Å². The Morgan fingerprint density at radius 3 is 2.32 bits per heavy atom. The number of nitrogens with two attached hydrogens (primary N) is 1. The number of nitrogens with one attached hydrogen (secondary N) is 1. The number of phosphoric acid groups is 3. The molecule has 4 aromatic rings. The molecule has 2 aromatic heterocycles. The molecule has 5 rings (SSSR count). The van der Waals surface area contributed by atoms with Gasteiger partial charge in [0.25, 0.3) is 5.56 Å². The lowest BCUT2D eigenvalue weighted by Gasteiger charge is -2.18. The molecular formula is C25H26N5O17P3. The number of benzene rings is 2. The van der Waals surface area contributed by atoms with E-state index in [1.807, 2.05) is 0 Å². The first-order valence-corrected chi connectivity index (χ1v) is 18.3. The molecule has 6 atom stereocenters. The minimum Gasteiger partial charge on any atom is -0.478 e. The highest BCUT2D eigenvalue weighted by Gasteiger charge is 2.45. The first-order valence-electron chi connectivity index (χ1n) is 13.8. The molecule has 0 aliphatic carbocycles. The SMILES string of the molecule is Nc1nc2c(ncn2C2OC(Cc3ccccc3C(=O)c3ccc(C(=O)O)cc3COP(=O)(O)OP(=O)(O)OP(=O)(O)O)C(O)C2O)c(=O)[nH]1. The first kappa shape index (κ1) is 37.3. The number of phosphoric ester groups is 1. The van der Waals surface area contributed by atoms with Crippen molar-refractivity contribution >= 4 is 52.3 Å². The van der Waals surface area contributed by atoms with E-state index in [0.29, 0.717) is 0 Å². The summed E-state index contributed by atoms with van der Waals surface area (Å²) in [6.07, 6.45) is -4.57. The van der Waals surface area contributed by atoms with Gasteiger partial charge in [0.1, 0.15) is 12.2 Å². The van der Waals surface area contributed by atoms with Crippen molar-refractivity contribution in [1.29, 1.82) is 0 Å².